The molecule has 0 bridgehead atoms. The van der Waals surface area contributed by atoms with Crippen LogP contribution >= 0.6 is 23.2 Å². The van der Waals surface area contributed by atoms with Gasteiger partial charge in [0.2, 0.25) is 0 Å². The van der Waals surface area contributed by atoms with E-state index in [-0.39, 0.29) is 0 Å². The van der Waals surface area contributed by atoms with Gasteiger partial charge in [0.1, 0.15) is 0 Å². The number of alkyl halides is 7. The lowest BCUT2D eigenvalue weighted by Crippen LogP contribution is -2.54. The second kappa shape index (κ2) is 3.65. The van der Waals surface area contributed by atoms with Crippen molar-refractivity contribution in [3.05, 3.63) is 0 Å². The number of halogens is 8. The number of hydrogen-bond acceptors (Lipinski definition) is 2. The van der Waals surface area contributed by atoms with Crippen LogP contribution in [0.4, 0.5) is 31.1 Å². The van der Waals surface area contributed by atoms with E-state index < -0.39 is 22.8 Å². The third-order valence-corrected chi connectivity index (χ3v) is 1.53. The molecular weight excluding hydrogens is 265 g/mol. The van der Waals surface area contributed by atoms with E-state index in [2.05, 4.69) is 27.9 Å². The molecule has 0 aliphatic carbocycles. The van der Waals surface area contributed by atoms with E-state index in [1.54, 1.807) is 0 Å². The van der Waals surface area contributed by atoms with E-state index in [9.17, 15) is 31.1 Å². The zero-order valence-electron chi connectivity index (χ0n) is 5.84. The molecule has 0 aromatic carbocycles. The maximum atomic E-state index is 11.8. The fourth-order valence-electron chi connectivity index (χ4n) is 0.387. The van der Waals surface area contributed by atoms with Gasteiger partial charge in [0.15, 0.2) is 0 Å². The molecule has 0 unspecified atom stereocenters. The second-order valence-electron chi connectivity index (χ2n) is 1.93. The lowest BCUT2D eigenvalue weighted by molar-refractivity contribution is -0.327. The van der Waals surface area contributed by atoms with E-state index in [4.69, 9.17) is 0 Å². The van der Waals surface area contributed by atoms with Gasteiger partial charge < -0.3 is 4.74 Å². The summed E-state index contributed by atoms with van der Waals surface area (Å²) >= 11 is 8.34. The molecule has 0 fully saturated rings. The summed E-state index contributed by atoms with van der Waals surface area (Å²) in [5, 5.41) is -5.11. The molecule has 0 N–H and O–H groups in total. The lowest BCUT2D eigenvalue weighted by Gasteiger charge is -2.29. The largest absolute Gasteiger partial charge is 0.453 e. The highest BCUT2D eigenvalue weighted by atomic mass is 35.5. The standard InChI is InChI=1S/C4Cl2F6O2/c5-1(13)14-2(6,3(7,8)9)4(10,11)12. The van der Waals surface area contributed by atoms with Gasteiger partial charge in [-0.3, -0.25) is 0 Å². The Hall–Kier alpha value is -0.370. The van der Waals surface area contributed by atoms with Crippen LogP contribution in [0.15, 0.2) is 0 Å². The molecule has 14 heavy (non-hydrogen) atoms. The first-order valence-electron chi connectivity index (χ1n) is 2.62. The zero-order valence-corrected chi connectivity index (χ0v) is 7.35. The van der Waals surface area contributed by atoms with Crippen molar-refractivity contribution in [2.75, 3.05) is 0 Å². The Labute approximate surface area is 82.7 Å². The monoisotopic (exact) mass is 264 g/mol. The third kappa shape index (κ3) is 2.57. The fraction of sp³-hybridized carbons (Fsp3) is 0.750. The molecule has 0 amide bonds. The Kier molecular flexibility index (Phi) is 3.55. The average Bonchev–Trinajstić information content (AvgIpc) is 1.79. The van der Waals surface area contributed by atoms with Gasteiger partial charge in [-0.1, -0.05) is 11.6 Å². The first kappa shape index (κ1) is 13.6. The molecule has 84 valence electrons. The van der Waals surface area contributed by atoms with Gasteiger partial charge in [0.05, 0.1) is 0 Å². The maximum Gasteiger partial charge on any atom is 0.453 e. The molecule has 0 aromatic rings. The van der Waals surface area contributed by atoms with Crippen LogP contribution in [0.25, 0.3) is 0 Å². The molecule has 0 aliphatic rings. The van der Waals surface area contributed by atoms with Crippen LogP contribution < -0.4 is 0 Å². The maximum absolute atomic E-state index is 11.8. The Morgan fingerprint density at radius 3 is 1.36 bits per heavy atom. The van der Waals surface area contributed by atoms with Gasteiger partial charge in [-0.2, -0.15) is 26.3 Å². The molecule has 0 atom stereocenters. The molecule has 0 rings (SSSR count). The molecule has 0 aliphatic heterocycles. The number of rotatable bonds is 1. The smallest absolute Gasteiger partial charge is 0.412 e. The predicted octanol–water partition coefficient (Wildman–Crippen LogP) is 3.42. The number of hydrogen-bond donors (Lipinski definition) is 0. The van der Waals surface area contributed by atoms with E-state index in [1.165, 1.54) is 0 Å². The van der Waals surface area contributed by atoms with Crippen molar-refractivity contribution in [3.8, 4) is 0 Å². The van der Waals surface area contributed by atoms with Crippen LogP contribution in [-0.4, -0.2) is 22.8 Å². The van der Waals surface area contributed by atoms with E-state index in [0.717, 1.165) is 0 Å². The van der Waals surface area contributed by atoms with Gasteiger partial charge >= 0.3 is 22.8 Å². The van der Waals surface area contributed by atoms with Crippen LogP contribution in [0.1, 0.15) is 0 Å². The van der Waals surface area contributed by atoms with Gasteiger partial charge in [0, 0.05) is 11.6 Å². The number of ether oxygens (including phenoxy) is 1. The van der Waals surface area contributed by atoms with Crippen LogP contribution in [0, 0.1) is 0 Å². The highest BCUT2D eigenvalue weighted by Gasteiger charge is 2.74. The molecule has 0 spiro atoms. The van der Waals surface area contributed by atoms with Gasteiger partial charge in [-0.15, -0.1) is 0 Å². The Morgan fingerprint density at radius 2 is 1.29 bits per heavy atom. The number of carbonyl (C=O) groups excluding carboxylic acids is 1. The summed E-state index contributed by atoms with van der Waals surface area (Å²) < 4.78 is 73.4. The minimum atomic E-state index is -6.02. The fourth-order valence-corrected chi connectivity index (χ4v) is 0.612. The Morgan fingerprint density at radius 1 is 1.00 bits per heavy atom. The molecular formula is C4Cl2F6O2. The minimum Gasteiger partial charge on any atom is -0.412 e. The van der Waals surface area contributed by atoms with E-state index >= 15 is 0 Å². The minimum absolute atomic E-state index is 2.31. The molecule has 10 heteroatoms. The van der Waals surface area contributed by atoms with Crippen molar-refractivity contribution in [1.82, 2.24) is 0 Å². The van der Waals surface area contributed by atoms with Crippen molar-refractivity contribution in [2.24, 2.45) is 0 Å². The topological polar surface area (TPSA) is 26.3 Å². The lowest BCUT2D eigenvalue weighted by atomic mass is 10.3. The predicted molar refractivity (Wildman–Crippen MR) is 33.0 cm³/mol. The van der Waals surface area contributed by atoms with Crippen molar-refractivity contribution in [3.63, 3.8) is 0 Å². The van der Waals surface area contributed by atoms with Gasteiger partial charge in [-0.05, 0) is 0 Å². The van der Waals surface area contributed by atoms with Crippen LogP contribution in [0.5, 0.6) is 0 Å². The molecule has 0 saturated carbocycles. The normalized spacial score (nSPS) is 14.0. The third-order valence-electron chi connectivity index (χ3n) is 0.950. The van der Waals surface area contributed by atoms with Crippen molar-refractivity contribution < 1.29 is 35.9 Å². The summed E-state index contributed by atoms with van der Waals surface area (Å²) in [7, 11) is 0. The average molecular weight is 265 g/mol. The summed E-state index contributed by atoms with van der Waals surface area (Å²) in [5.41, 5.74) is -2.31. The van der Waals surface area contributed by atoms with Crippen molar-refractivity contribution in [2.45, 2.75) is 17.4 Å². The second-order valence-corrected chi connectivity index (χ2v) is 2.77. The summed E-state index contributed by atoms with van der Waals surface area (Å²) in [4.78, 5) is 9.81. The summed E-state index contributed by atoms with van der Waals surface area (Å²) in [6.07, 6.45) is -12.0. The highest BCUT2D eigenvalue weighted by Crippen LogP contribution is 2.49. The number of carbonyl (C=O) groups is 1. The summed E-state index contributed by atoms with van der Waals surface area (Å²) in [5.74, 6) is 0. The Balaban J connectivity index is 5.18. The summed E-state index contributed by atoms with van der Waals surface area (Å²) in [6, 6.07) is 0. The zero-order chi connectivity index (χ0) is 11.8. The van der Waals surface area contributed by atoms with Gasteiger partial charge in [0.25, 0.3) is 0 Å². The SMILES string of the molecule is O=C(Cl)OC(Cl)(C(F)(F)F)C(F)(F)F. The molecule has 0 heterocycles. The summed E-state index contributed by atoms with van der Waals surface area (Å²) in [6.45, 7) is 0. The quantitative estimate of drug-likeness (QED) is 0.412. The molecule has 0 aromatic heterocycles. The van der Waals surface area contributed by atoms with Crippen molar-refractivity contribution >= 4 is 28.6 Å². The van der Waals surface area contributed by atoms with E-state index in [1.807, 2.05) is 0 Å². The first-order valence-corrected chi connectivity index (χ1v) is 3.38. The van der Waals surface area contributed by atoms with E-state index in [0.29, 0.717) is 0 Å². The first-order chi connectivity index (χ1) is 5.92. The van der Waals surface area contributed by atoms with Crippen molar-refractivity contribution in [1.29, 1.82) is 0 Å². The molecule has 0 radical (unpaired) electrons. The molecule has 0 saturated heterocycles. The Bertz CT molecular complexity index is 219. The van der Waals surface area contributed by atoms with Gasteiger partial charge in [-0.25, -0.2) is 4.79 Å². The van der Waals surface area contributed by atoms with Crippen LogP contribution in [0.3, 0.4) is 0 Å². The highest BCUT2D eigenvalue weighted by molar-refractivity contribution is 6.61. The van der Waals surface area contributed by atoms with Crippen LogP contribution in [0.2, 0.25) is 0 Å². The molecule has 2 nitrogen and oxygen atoms in total. The van der Waals surface area contributed by atoms with Crippen LogP contribution in [-0.2, 0) is 4.74 Å².